The number of hydrogen-bond acceptors (Lipinski definition) is 4. The van der Waals surface area contributed by atoms with Crippen molar-refractivity contribution in [2.75, 3.05) is 0 Å². The van der Waals surface area contributed by atoms with Crippen molar-refractivity contribution in [1.82, 2.24) is 19.5 Å². The molecule has 0 amide bonds. The van der Waals surface area contributed by atoms with Crippen LogP contribution in [0.2, 0.25) is 0 Å². The topological polar surface area (TPSA) is 69.6 Å². The smallest absolute Gasteiger partial charge is 0.148 e. The number of unbranched alkanes of at least 4 members (excludes halogenated alkanes) is 1. The maximum absolute atomic E-state index is 6.35. The van der Waals surface area contributed by atoms with Crippen LogP contribution in [0.1, 0.15) is 69.4 Å². The van der Waals surface area contributed by atoms with Crippen LogP contribution >= 0.6 is 0 Å². The normalized spacial score (nSPS) is 20.6. The average molecular weight is 361 g/mol. The van der Waals surface area contributed by atoms with Crippen molar-refractivity contribution >= 4 is 11.0 Å². The van der Waals surface area contributed by atoms with Gasteiger partial charge in [0.05, 0.1) is 16.6 Å². The fourth-order valence-electron chi connectivity index (χ4n) is 4.52. The molecule has 1 aliphatic heterocycles. The molecule has 2 aliphatic rings. The molecular weight excluding hydrogens is 334 g/mol. The molecule has 0 radical (unpaired) electrons. The molecule has 5 rings (SSSR count). The first-order chi connectivity index (χ1) is 13.2. The van der Waals surface area contributed by atoms with E-state index in [4.69, 9.17) is 10.7 Å². The Morgan fingerprint density at radius 3 is 2.70 bits per heavy atom. The van der Waals surface area contributed by atoms with Crippen molar-refractivity contribution < 1.29 is 0 Å². The summed E-state index contributed by atoms with van der Waals surface area (Å²) in [7, 11) is 0. The van der Waals surface area contributed by atoms with E-state index in [1.165, 1.54) is 43.4 Å². The van der Waals surface area contributed by atoms with E-state index < -0.39 is 0 Å². The van der Waals surface area contributed by atoms with E-state index in [1.807, 2.05) is 12.4 Å². The number of aromatic nitrogens is 4. The summed E-state index contributed by atoms with van der Waals surface area (Å²) in [6, 6.07) is 6.51. The molecule has 0 spiro atoms. The molecule has 27 heavy (non-hydrogen) atoms. The van der Waals surface area contributed by atoms with Crippen LogP contribution in [0.3, 0.4) is 0 Å². The predicted octanol–water partition coefficient (Wildman–Crippen LogP) is 4.51. The summed E-state index contributed by atoms with van der Waals surface area (Å²) in [5.41, 5.74) is 10.6. The summed E-state index contributed by atoms with van der Waals surface area (Å²) in [5.74, 6) is 2.67. The molecule has 1 fully saturated rings. The quantitative estimate of drug-likeness (QED) is 0.726. The zero-order valence-corrected chi connectivity index (χ0v) is 16.0. The van der Waals surface area contributed by atoms with Crippen LogP contribution < -0.4 is 5.73 Å². The highest BCUT2D eigenvalue weighted by molar-refractivity contribution is 5.82. The lowest BCUT2D eigenvalue weighted by molar-refractivity contribution is 0.238. The number of nitrogens with two attached hydrogens (primary N) is 1. The van der Waals surface area contributed by atoms with Crippen LogP contribution in [0.5, 0.6) is 0 Å². The maximum Gasteiger partial charge on any atom is 0.148 e. The highest BCUT2D eigenvalue weighted by atomic mass is 15.1. The third-order valence-corrected chi connectivity index (χ3v) is 6.43. The second-order valence-electron chi connectivity index (χ2n) is 8.26. The van der Waals surface area contributed by atoms with Gasteiger partial charge in [-0.25, -0.2) is 15.0 Å². The van der Waals surface area contributed by atoms with E-state index in [0.29, 0.717) is 5.92 Å². The first-order valence-corrected chi connectivity index (χ1v) is 10.3. The van der Waals surface area contributed by atoms with Gasteiger partial charge in [0.1, 0.15) is 11.6 Å². The van der Waals surface area contributed by atoms with Gasteiger partial charge in [0.15, 0.2) is 0 Å². The number of hydrogen-bond donors (Lipinski definition) is 1. The molecule has 5 nitrogen and oxygen atoms in total. The number of nitrogens with zero attached hydrogens (tertiary/aromatic N) is 4. The minimum Gasteiger partial charge on any atom is -0.328 e. The Balaban J connectivity index is 1.46. The van der Waals surface area contributed by atoms with Gasteiger partial charge in [0.25, 0.3) is 0 Å². The van der Waals surface area contributed by atoms with Crippen molar-refractivity contribution in [3.8, 4) is 11.1 Å². The summed E-state index contributed by atoms with van der Waals surface area (Å²) in [6.07, 6.45) is 12.0. The van der Waals surface area contributed by atoms with Gasteiger partial charge in [-0.05, 0) is 49.8 Å². The molecule has 0 saturated heterocycles. The Hall–Kier alpha value is -2.27. The highest BCUT2D eigenvalue weighted by Crippen LogP contribution is 2.38. The van der Waals surface area contributed by atoms with E-state index in [-0.39, 0.29) is 5.54 Å². The maximum atomic E-state index is 6.35. The van der Waals surface area contributed by atoms with Crippen LogP contribution in [0.15, 0.2) is 30.6 Å². The van der Waals surface area contributed by atoms with Crippen molar-refractivity contribution in [1.29, 1.82) is 0 Å². The van der Waals surface area contributed by atoms with E-state index >= 15 is 0 Å². The molecule has 0 bridgehead atoms. The van der Waals surface area contributed by atoms with Gasteiger partial charge in [0.2, 0.25) is 0 Å². The van der Waals surface area contributed by atoms with Crippen molar-refractivity contribution in [3.05, 3.63) is 42.2 Å². The summed E-state index contributed by atoms with van der Waals surface area (Å²) >= 11 is 0. The molecule has 2 N–H and O–H groups in total. The second kappa shape index (κ2) is 6.41. The molecule has 1 atom stereocenters. The molecule has 3 heterocycles. The zero-order chi connectivity index (χ0) is 18.4. The van der Waals surface area contributed by atoms with Gasteiger partial charge in [0, 0.05) is 30.4 Å². The monoisotopic (exact) mass is 361 g/mol. The van der Waals surface area contributed by atoms with Crippen LogP contribution in [-0.2, 0) is 12.1 Å². The van der Waals surface area contributed by atoms with Gasteiger partial charge in [-0.1, -0.05) is 25.8 Å². The van der Waals surface area contributed by atoms with Gasteiger partial charge in [-0.2, -0.15) is 0 Å². The molecule has 1 aromatic carbocycles. The number of benzene rings is 1. The third kappa shape index (κ3) is 2.76. The Labute approximate surface area is 160 Å². The summed E-state index contributed by atoms with van der Waals surface area (Å²) < 4.78 is 2.41. The number of aryl methyl sites for hydroxylation is 1. The van der Waals surface area contributed by atoms with Crippen LogP contribution in [0, 0.1) is 0 Å². The highest BCUT2D eigenvalue weighted by Gasteiger charge is 2.37. The minimum absolute atomic E-state index is 0.303. The first kappa shape index (κ1) is 16.9. The number of fused-ring (bicyclic) bond motifs is 3. The summed E-state index contributed by atoms with van der Waals surface area (Å²) in [4.78, 5) is 14.1. The van der Waals surface area contributed by atoms with Crippen LogP contribution in [0.4, 0.5) is 0 Å². The van der Waals surface area contributed by atoms with E-state index in [0.717, 1.165) is 41.9 Å². The molecule has 3 aromatic rings. The standard InChI is InChI=1S/C22H27N5/c1-2-3-5-15-8-11-27-19-12-16(6-7-18(19)26-20(15)27)17-13-24-21(25-14-17)22(23)9-4-10-22/h6-7,12-15H,2-5,8-11,23H2,1H3/t15-/m1/s1. The van der Waals surface area contributed by atoms with Crippen LogP contribution in [0.25, 0.3) is 22.2 Å². The summed E-state index contributed by atoms with van der Waals surface area (Å²) in [5, 5.41) is 0. The van der Waals surface area contributed by atoms with Crippen molar-refractivity contribution in [2.45, 2.75) is 69.9 Å². The largest absolute Gasteiger partial charge is 0.328 e. The number of imidazole rings is 1. The number of rotatable bonds is 5. The van der Waals surface area contributed by atoms with Crippen molar-refractivity contribution in [2.24, 2.45) is 5.73 Å². The van der Waals surface area contributed by atoms with Gasteiger partial charge in [-0.15, -0.1) is 0 Å². The summed E-state index contributed by atoms with van der Waals surface area (Å²) in [6.45, 7) is 3.34. The zero-order valence-electron chi connectivity index (χ0n) is 16.0. The minimum atomic E-state index is -0.303. The van der Waals surface area contributed by atoms with Gasteiger partial charge < -0.3 is 10.3 Å². The molecule has 0 unspecified atom stereocenters. The first-order valence-electron chi connectivity index (χ1n) is 10.3. The second-order valence-corrected chi connectivity index (χ2v) is 8.26. The molecule has 5 heteroatoms. The van der Waals surface area contributed by atoms with E-state index in [2.05, 4.69) is 39.7 Å². The molecule has 140 valence electrons. The molecular formula is C22H27N5. The molecule has 1 aliphatic carbocycles. The van der Waals surface area contributed by atoms with Crippen molar-refractivity contribution in [3.63, 3.8) is 0 Å². The Morgan fingerprint density at radius 2 is 2.00 bits per heavy atom. The van der Waals surface area contributed by atoms with E-state index in [9.17, 15) is 0 Å². The lowest BCUT2D eigenvalue weighted by atomic mass is 9.77. The average Bonchev–Trinajstić information content (AvgIpc) is 3.23. The fourth-order valence-corrected chi connectivity index (χ4v) is 4.52. The predicted molar refractivity (Wildman–Crippen MR) is 107 cm³/mol. The lowest BCUT2D eigenvalue weighted by Gasteiger charge is -2.36. The Bertz CT molecular complexity index is 968. The lowest BCUT2D eigenvalue weighted by Crippen LogP contribution is -2.44. The SMILES string of the molecule is CCCC[C@@H]1CCn2c1nc1ccc(-c3cnc(C4(N)CCC4)nc3)cc12. The Kier molecular flexibility index (Phi) is 4.01. The van der Waals surface area contributed by atoms with Gasteiger partial charge >= 0.3 is 0 Å². The third-order valence-electron chi connectivity index (χ3n) is 6.43. The molecule has 1 saturated carbocycles. The van der Waals surface area contributed by atoms with E-state index in [1.54, 1.807) is 0 Å². The Morgan fingerprint density at radius 1 is 1.19 bits per heavy atom. The molecule has 2 aromatic heterocycles. The fraction of sp³-hybridized carbons (Fsp3) is 0.500. The van der Waals surface area contributed by atoms with Crippen LogP contribution in [-0.4, -0.2) is 19.5 Å². The van der Waals surface area contributed by atoms with Gasteiger partial charge in [-0.3, -0.25) is 0 Å².